The maximum absolute atomic E-state index is 2.61. The summed E-state index contributed by atoms with van der Waals surface area (Å²) in [6.45, 7) is 43.3. The number of hydrogen-bond donors (Lipinski definition) is 0. The molecule has 0 heterocycles. The molecule has 7 aromatic carbocycles. The van der Waals surface area contributed by atoms with Crippen LogP contribution in [0.3, 0.4) is 0 Å². The molecule has 3 aliphatic carbocycles. The van der Waals surface area contributed by atoms with Crippen molar-refractivity contribution in [1.29, 1.82) is 0 Å². The predicted molar refractivity (Wildman–Crippen MR) is 279 cm³/mol. The number of hydrogen-bond acceptors (Lipinski definition) is 0. The molecule has 0 fully saturated rings. The summed E-state index contributed by atoms with van der Waals surface area (Å²) in [5.74, 6) is 0. The summed E-state index contributed by atoms with van der Waals surface area (Å²) in [6.07, 6.45) is 2.81. The maximum atomic E-state index is 2.61. The Labute approximate surface area is 378 Å². The van der Waals surface area contributed by atoms with Crippen molar-refractivity contribution in [3.05, 3.63) is 140 Å². The first-order valence-electron chi connectivity index (χ1n) is 24.0. The minimum atomic E-state index is -0.0204. The van der Waals surface area contributed by atoms with Crippen LogP contribution < -0.4 is 0 Å². The largest absolute Gasteiger partial charge is 0.0561 e. The van der Waals surface area contributed by atoms with Crippen LogP contribution in [0.25, 0.3) is 64.6 Å². The Bertz CT molecular complexity index is 2740. The molecule has 0 heteroatoms. The third kappa shape index (κ3) is 6.58. The topological polar surface area (TPSA) is 0 Å². The van der Waals surface area contributed by atoms with Crippen molar-refractivity contribution in [3.8, 4) is 0 Å². The Morgan fingerprint density at radius 3 is 0.365 bits per heavy atom. The molecule has 0 radical (unpaired) electrons. The monoisotopic (exact) mass is 829 g/mol. The Morgan fingerprint density at radius 2 is 0.286 bits per heavy atom. The lowest BCUT2D eigenvalue weighted by molar-refractivity contribution is 0.590. The van der Waals surface area contributed by atoms with Gasteiger partial charge in [0, 0.05) is 0 Å². The first kappa shape index (κ1) is 42.3. The molecule has 0 spiro atoms. The molecule has 0 saturated carbocycles. The quantitative estimate of drug-likeness (QED) is 0.143. The highest BCUT2D eigenvalue weighted by Crippen LogP contribution is 2.50. The summed E-state index contributed by atoms with van der Waals surface area (Å²) in [5, 5.41) is 17.3. The lowest BCUT2D eigenvalue weighted by atomic mass is 9.81. The Kier molecular flexibility index (Phi) is 8.72. The van der Waals surface area contributed by atoms with Gasteiger partial charge in [0.15, 0.2) is 0 Å². The van der Waals surface area contributed by atoms with Crippen molar-refractivity contribution >= 4 is 64.6 Å². The molecule has 0 atom stereocenters. The second kappa shape index (κ2) is 13.0. The van der Waals surface area contributed by atoms with Gasteiger partial charge in [0.1, 0.15) is 0 Å². The van der Waals surface area contributed by atoms with Crippen LogP contribution in [-0.4, -0.2) is 0 Å². The molecule has 0 N–H and O–H groups in total. The summed E-state index contributed by atoms with van der Waals surface area (Å²) in [5.41, 5.74) is 17.4. The third-order valence-corrected chi connectivity index (χ3v) is 15.5. The van der Waals surface area contributed by atoms with Crippen LogP contribution in [0, 0.1) is 0 Å². The Morgan fingerprint density at radius 1 is 0.190 bits per heavy atom. The van der Waals surface area contributed by atoms with E-state index in [1.165, 1.54) is 131 Å². The molecule has 3 aliphatic rings. The van der Waals surface area contributed by atoms with E-state index in [0.717, 1.165) is 19.3 Å². The van der Waals surface area contributed by atoms with Crippen LogP contribution >= 0.6 is 0 Å². The molecule has 10 rings (SSSR count). The van der Waals surface area contributed by atoms with Gasteiger partial charge in [-0.1, -0.05) is 197 Å². The van der Waals surface area contributed by atoms with Gasteiger partial charge in [0.25, 0.3) is 0 Å². The zero-order chi connectivity index (χ0) is 45.5. The van der Waals surface area contributed by atoms with Crippen LogP contribution in [0.2, 0.25) is 0 Å². The van der Waals surface area contributed by atoms with Gasteiger partial charge < -0.3 is 0 Å². The van der Waals surface area contributed by atoms with E-state index >= 15 is 0 Å². The molecular formula is C63H72. The van der Waals surface area contributed by atoms with Crippen LogP contribution in [0.15, 0.2) is 72.8 Å². The fraction of sp³-hybridized carbons (Fsp3) is 0.429. The summed E-state index contributed by atoms with van der Waals surface area (Å²) < 4.78 is 0. The highest BCUT2D eigenvalue weighted by Gasteiger charge is 2.32. The second-order valence-corrected chi connectivity index (χ2v) is 26.3. The van der Waals surface area contributed by atoms with Gasteiger partial charge in [-0.05, 0) is 183 Å². The minimum absolute atomic E-state index is 0.0204. The molecule has 18 bridgehead atoms. The van der Waals surface area contributed by atoms with Crippen molar-refractivity contribution in [3.63, 3.8) is 0 Å². The molecular weight excluding hydrogens is 757 g/mol. The lowest BCUT2D eigenvalue weighted by Crippen LogP contribution is -2.12. The highest BCUT2D eigenvalue weighted by molar-refractivity contribution is 6.15. The summed E-state index contributed by atoms with van der Waals surface area (Å²) in [6, 6.07) is 31.2. The molecule has 0 aromatic heterocycles. The summed E-state index contributed by atoms with van der Waals surface area (Å²) in [4.78, 5) is 0. The molecule has 7 aromatic rings. The van der Waals surface area contributed by atoms with Gasteiger partial charge in [-0.2, -0.15) is 0 Å². The maximum Gasteiger partial charge on any atom is -0.000111 e. The van der Waals surface area contributed by atoms with Crippen molar-refractivity contribution in [2.45, 2.75) is 176 Å². The van der Waals surface area contributed by atoms with Crippen molar-refractivity contribution in [1.82, 2.24) is 0 Å². The van der Waals surface area contributed by atoms with E-state index in [4.69, 9.17) is 0 Å². The average Bonchev–Trinajstić information content (AvgIpc) is 3.85. The number of rotatable bonds is 0. The van der Waals surface area contributed by atoms with Gasteiger partial charge in [-0.15, -0.1) is 0 Å². The normalized spacial score (nSPS) is 15.0. The fourth-order valence-electron chi connectivity index (χ4n) is 11.2. The average molecular weight is 829 g/mol. The van der Waals surface area contributed by atoms with Crippen molar-refractivity contribution in [2.24, 2.45) is 0 Å². The fourth-order valence-corrected chi connectivity index (χ4v) is 11.2. The first-order valence-corrected chi connectivity index (χ1v) is 24.0. The molecule has 0 saturated heterocycles. The lowest BCUT2D eigenvalue weighted by Gasteiger charge is -2.23. The van der Waals surface area contributed by atoms with Crippen LogP contribution in [-0.2, 0) is 51.8 Å². The smallest absolute Gasteiger partial charge is 0.000111 e. The zero-order valence-corrected chi connectivity index (χ0v) is 42.0. The van der Waals surface area contributed by atoms with Crippen LogP contribution in [0.1, 0.15) is 191 Å². The number of fused-ring (bicyclic) bond motifs is 3. The van der Waals surface area contributed by atoms with E-state index in [-0.39, 0.29) is 32.5 Å². The molecule has 0 nitrogen and oxygen atoms in total. The van der Waals surface area contributed by atoms with Gasteiger partial charge in [0.2, 0.25) is 0 Å². The van der Waals surface area contributed by atoms with Gasteiger partial charge in [-0.25, -0.2) is 0 Å². The molecule has 63 heavy (non-hydrogen) atoms. The van der Waals surface area contributed by atoms with Gasteiger partial charge in [-0.3, -0.25) is 0 Å². The Hall–Kier alpha value is -4.68. The van der Waals surface area contributed by atoms with Crippen molar-refractivity contribution < 1.29 is 0 Å². The predicted octanol–water partition coefficient (Wildman–Crippen LogP) is 17.8. The van der Waals surface area contributed by atoms with Crippen LogP contribution in [0.5, 0.6) is 0 Å². The van der Waals surface area contributed by atoms with E-state index in [0.29, 0.717) is 0 Å². The summed E-state index contributed by atoms with van der Waals surface area (Å²) >= 11 is 0. The van der Waals surface area contributed by atoms with E-state index < -0.39 is 0 Å². The standard InChI is InChI=1S/C63H72/c1-58(2,3)34-19-40-41-20-35(59(4,5)6)27-48-49-28-38(62(13,14)15)23-44-45-24-39(63(16,17)18)30-51(57(45)33-56(44)49)50-29-37(61(10,11)12)22-43-42-21-36(60(7,8)9)26-47(54(42)32-55(43)50)46(25-34)52(40)31-53(41)48/h19-30H,31-33H2,1-18H3. The minimum Gasteiger partial charge on any atom is -0.0561 e. The molecule has 0 unspecified atom stereocenters. The summed E-state index contributed by atoms with van der Waals surface area (Å²) in [7, 11) is 0. The third-order valence-electron chi connectivity index (χ3n) is 15.5. The highest BCUT2D eigenvalue weighted by atomic mass is 14.4. The van der Waals surface area contributed by atoms with E-state index in [1.54, 1.807) is 0 Å². The second-order valence-electron chi connectivity index (χ2n) is 26.3. The zero-order valence-electron chi connectivity index (χ0n) is 42.0. The van der Waals surface area contributed by atoms with Crippen LogP contribution in [0.4, 0.5) is 0 Å². The van der Waals surface area contributed by atoms with Crippen molar-refractivity contribution in [2.75, 3.05) is 0 Å². The number of benzene rings is 6. The van der Waals surface area contributed by atoms with E-state index in [1.807, 2.05) is 0 Å². The van der Waals surface area contributed by atoms with E-state index in [2.05, 4.69) is 197 Å². The van der Waals surface area contributed by atoms with Gasteiger partial charge >= 0.3 is 0 Å². The SMILES string of the molecule is CC(C)(C)c1cc2c3c(c1)c1cc(C(C)(C)C)cc4c1Cc1c4cc(C(C)(C)C)cc1c1cc(C(C)(C)C)cc4c1Cc1c4cc(C(C)(C)C)cc1c1cc(C(C)(C)C)cc2c1C3. The molecule has 324 valence electrons. The Balaban J connectivity index is 1.58. The molecule has 0 amide bonds. The first-order chi connectivity index (χ1) is 29.0. The molecule has 0 aliphatic heterocycles. The van der Waals surface area contributed by atoms with Gasteiger partial charge in [0.05, 0.1) is 0 Å². The van der Waals surface area contributed by atoms with E-state index in [9.17, 15) is 0 Å².